The van der Waals surface area contributed by atoms with Gasteiger partial charge in [-0.3, -0.25) is 4.79 Å². The van der Waals surface area contributed by atoms with Crippen molar-refractivity contribution >= 4 is 5.97 Å². The molecule has 0 aromatic carbocycles. The van der Waals surface area contributed by atoms with Crippen molar-refractivity contribution in [2.45, 2.75) is 115 Å². The summed E-state index contributed by atoms with van der Waals surface area (Å²) in [5.74, 6) is -0.504. The highest BCUT2D eigenvalue weighted by Crippen LogP contribution is 2.22. The predicted octanol–water partition coefficient (Wildman–Crippen LogP) is 4.45. The Kier molecular flexibility index (Phi) is 22.9. The van der Waals surface area contributed by atoms with Crippen LogP contribution in [-0.2, 0) is 23.7 Å². The van der Waals surface area contributed by atoms with Crippen molar-refractivity contribution in [3.8, 4) is 0 Å². The number of hydrogen-bond acceptors (Lipinski definition) is 9. The van der Waals surface area contributed by atoms with Gasteiger partial charge >= 0.3 is 5.97 Å². The van der Waals surface area contributed by atoms with E-state index < -0.39 is 49.4 Å². The van der Waals surface area contributed by atoms with Crippen LogP contribution < -0.4 is 0 Å². The fraction of sp³-hybridized carbons (Fsp3) is 0.667. The second-order valence-electron chi connectivity index (χ2n) is 10.2. The number of aliphatic hydroxyl groups excluding tert-OH is 4. The average Bonchev–Trinajstić information content (AvgIpc) is 2.97. The monoisotopic (exact) mass is 594 g/mol. The Labute approximate surface area is 252 Å². The molecule has 1 heterocycles. The first-order chi connectivity index (χ1) is 20.4. The number of unbranched alkanes of at least 4 members (excludes halogenated alkanes) is 4. The van der Waals surface area contributed by atoms with E-state index in [1.54, 1.807) is 0 Å². The van der Waals surface area contributed by atoms with Gasteiger partial charge in [-0.15, -0.1) is 0 Å². The molecule has 1 rings (SSSR count). The molecule has 9 nitrogen and oxygen atoms in total. The van der Waals surface area contributed by atoms with Gasteiger partial charge in [0.15, 0.2) is 6.29 Å². The number of ether oxygens (including phenoxy) is 4. The van der Waals surface area contributed by atoms with Gasteiger partial charge in [-0.1, -0.05) is 80.5 Å². The molecular formula is C33H54O9. The molecular weight excluding hydrogens is 540 g/mol. The topological polar surface area (TPSA) is 135 Å². The van der Waals surface area contributed by atoms with E-state index in [4.69, 9.17) is 18.9 Å². The maximum Gasteiger partial charge on any atom is 0.303 e. The molecule has 6 unspecified atom stereocenters. The molecule has 6 atom stereocenters. The Morgan fingerprint density at radius 2 is 1.33 bits per heavy atom. The first-order valence-corrected chi connectivity index (χ1v) is 15.3. The van der Waals surface area contributed by atoms with Crippen LogP contribution in [0, 0.1) is 0 Å². The minimum atomic E-state index is -1.54. The van der Waals surface area contributed by atoms with Crippen molar-refractivity contribution in [2.24, 2.45) is 0 Å². The maximum atomic E-state index is 11.5. The molecule has 4 N–H and O–H groups in total. The standard InChI is InChI=1S/C33H54O9/c1-3-4-5-6-7-8-9-10-11-12-13-14-15-16-17-18-19-20-21-22-23-39-25-28(41-27(2)35)26-40-33-32(38)31(37)30(36)29(24-34)42-33/h4-5,7-8,10-11,13-14,16-17,28-34,36-38H,3,6,9,12,15,18-26H2,1-2H3/b5-4-,8-7-,11-10-,14-13-,17-16-. The molecule has 9 heteroatoms. The van der Waals surface area contributed by atoms with E-state index in [0.29, 0.717) is 6.61 Å². The van der Waals surface area contributed by atoms with Crippen LogP contribution in [0.25, 0.3) is 0 Å². The fourth-order valence-corrected chi connectivity index (χ4v) is 4.16. The van der Waals surface area contributed by atoms with Crippen LogP contribution in [0.5, 0.6) is 0 Å². The van der Waals surface area contributed by atoms with Crippen LogP contribution in [0.3, 0.4) is 0 Å². The van der Waals surface area contributed by atoms with E-state index in [9.17, 15) is 25.2 Å². The molecule has 1 fully saturated rings. The van der Waals surface area contributed by atoms with Gasteiger partial charge in [-0.2, -0.15) is 0 Å². The molecule has 240 valence electrons. The number of esters is 1. The minimum absolute atomic E-state index is 0.108. The normalized spacial score (nSPS) is 24.2. The summed E-state index contributed by atoms with van der Waals surface area (Å²) in [7, 11) is 0. The summed E-state index contributed by atoms with van der Waals surface area (Å²) in [6, 6.07) is 0. The number of carbonyl (C=O) groups is 1. The molecule has 1 aliphatic heterocycles. The van der Waals surface area contributed by atoms with Gasteiger partial charge in [-0.05, 0) is 51.4 Å². The third-order valence-corrected chi connectivity index (χ3v) is 6.50. The lowest BCUT2D eigenvalue weighted by Crippen LogP contribution is -2.59. The Morgan fingerprint density at radius 3 is 1.90 bits per heavy atom. The molecule has 1 aliphatic rings. The van der Waals surface area contributed by atoms with E-state index in [0.717, 1.165) is 64.2 Å². The van der Waals surface area contributed by atoms with Crippen molar-refractivity contribution in [2.75, 3.05) is 26.4 Å². The first kappa shape index (κ1) is 37.9. The van der Waals surface area contributed by atoms with E-state index in [1.165, 1.54) is 6.92 Å². The van der Waals surface area contributed by atoms with Crippen LogP contribution in [0.1, 0.15) is 78.1 Å². The minimum Gasteiger partial charge on any atom is -0.458 e. The summed E-state index contributed by atoms with van der Waals surface area (Å²) >= 11 is 0. The first-order valence-electron chi connectivity index (χ1n) is 15.3. The van der Waals surface area contributed by atoms with Crippen LogP contribution in [-0.4, -0.2) is 89.6 Å². The summed E-state index contributed by atoms with van der Waals surface area (Å²) in [6.07, 6.45) is 24.6. The number of allylic oxidation sites excluding steroid dienone is 10. The lowest BCUT2D eigenvalue weighted by Gasteiger charge is -2.39. The summed E-state index contributed by atoms with van der Waals surface area (Å²) in [4.78, 5) is 11.5. The molecule has 0 aromatic heterocycles. The predicted molar refractivity (Wildman–Crippen MR) is 164 cm³/mol. The quantitative estimate of drug-likeness (QED) is 0.0769. The van der Waals surface area contributed by atoms with Crippen molar-refractivity contribution in [1.29, 1.82) is 0 Å². The van der Waals surface area contributed by atoms with Gasteiger partial charge in [0, 0.05) is 13.5 Å². The van der Waals surface area contributed by atoms with Crippen LogP contribution >= 0.6 is 0 Å². The lowest BCUT2D eigenvalue weighted by atomic mass is 9.99. The van der Waals surface area contributed by atoms with E-state index >= 15 is 0 Å². The second-order valence-corrected chi connectivity index (χ2v) is 10.2. The summed E-state index contributed by atoms with van der Waals surface area (Å²) in [5, 5.41) is 39.1. The van der Waals surface area contributed by atoms with Crippen LogP contribution in [0.15, 0.2) is 60.8 Å². The maximum absolute atomic E-state index is 11.5. The SMILES string of the molecule is CC/C=C\C/C=C\C/C=C\C/C=C\C/C=C\CCCCCCOCC(COC1OC(CO)C(O)C(O)C1O)OC(C)=O. The third kappa shape index (κ3) is 18.4. The Balaban J connectivity index is 2.09. The fourth-order valence-electron chi connectivity index (χ4n) is 4.16. The molecule has 0 saturated carbocycles. The summed E-state index contributed by atoms with van der Waals surface area (Å²) in [5.41, 5.74) is 0. The molecule has 1 saturated heterocycles. The average molecular weight is 595 g/mol. The highest BCUT2D eigenvalue weighted by Gasteiger charge is 2.44. The smallest absolute Gasteiger partial charge is 0.303 e. The molecule has 0 aromatic rings. The summed E-state index contributed by atoms with van der Waals surface area (Å²) in [6.45, 7) is 3.35. The van der Waals surface area contributed by atoms with Crippen molar-refractivity contribution in [3.63, 3.8) is 0 Å². The number of rotatable bonds is 23. The van der Waals surface area contributed by atoms with Gasteiger partial charge in [0.1, 0.15) is 30.5 Å². The van der Waals surface area contributed by atoms with Crippen molar-refractivity contribution < 1.29 is 44.2 Å². The van der Waals surface area contributed by atoms with Gasteiger partial charge < -0.3 is 39.4 Å². The van der Waals surface area contributed by atoms with E-state index in [2.05, 4.69) is 67.7 Å². The number of hydrogen-bond donors (Lipinski definition) is 4. The molecule has 0 amide bonds. The van der Waals surface area contributed by atoms with Crippen molar-refractivity contribution in [1.82, 2.24) is 0 Å². The zero-order valence-electron chi connectivity index (χ0n) is 25.5. The Morgan fingerprint density at radius 1 is 0.762 bits per heavy atom. The molecule has 0 aliphatic carbocycles. The van der Waals surface area contributed by atoms with Gasteiger partial charge in [-0.25, -0.2) is 0 Å². The second kappa shape index (κ2) is 25.4. The lowest BCUT2D eigenvalue weighted by molar-refractivity contribution is -0.305. The van der Waals surface area contributed by atoms with E-state index in [1.807, 2.05) is 0 Å². The zero-order chi connectivity index (χ0) is 30.8. The number of aliphatic hydroxyl groups is 4. The largest absolute Gasteiger partial charge is 0.458 e. The molecule has 0 radical (unpaired) electrons. The van der Waals surface area contributed by atoms with Crippen LogP contribution in [0.4, 0.5) is 0 Å². The number of carbonyl (C=O) groups excluding carboxylic acids is 1. The zero-order valence-corrected chi connectivity index (χ0v) is 25.5. The van der Waals surface area contributed by atoms with Gasteiger partial charge in [0.05, 0.1) is 19.8 Å². The molecule has 0 spiro atoms. The highest BCUT2D eigenvalue weighted by atomic mass is 16.7. The van der Waals surface area contributed by atoms with Crippen LogP contribution in [0.2, 0.25) is 0 Å². The Hall–Kier alpha value is -2.11. The Bertz CT molecular complexity index is 818. The third-order valence-electron chi connectivity index (χ3n) is 6.50. The highest BCUT2D eigenvalue weighted by molar-refractivity contribution is 5.66. The van der Waals surface area contributed by atoms with Gasteiger partial charge in [0.2, 0.25) is 0 Å². The van der Waals surface area contributed by atoms with Crippen molar-refractivity contribution in [3.05, 3.63) is 60.8 Å². The van der Waals surface area contributed by atoms with Gasteiger partial charge in [0.25, 0.3) is 0 Å². The molecule has 0 bridgehead atoms. The molecule has 42 heavy (non-hydrogen) atoms. The summed E-state index contributed by atoms with van der Waals surface area (Å²) < 4.78 is 21.7. The van der Waals surface area contributed by atoms with E-state index in [-0.39, 0.29) is 13.2 Å².